The molecule has 0 bridgehead atoms. The first-order valence-electron chi connectivity index (χ1n) is 11.3. The zero-order valence-corrected chi connectivity index (χ0v) is 21.4. The third kappa shape index (κ3) is 5.66. The van der Waals surface area contributed by atoms with Crippen molar-refractivity contribution in [1.82, 2.24) is 19.8 Å². The molecular formula is C25H25BrFN5O2S. The molecule has 2 aromatic carbocycles. The van der Waals surface area contributed by atoms with Crippen molar-refractivity contribution >= 4 is 38.9 Å². The number of carbonyl (C=O) groups is 1. The van der Waals surface area contributed by atoms with E-state index in [-0.39, 0.29) is 18.3 Å². The molecule has 0 spiro atoms. The highest BCUT2D eigenvalue weighted by Gasteiger charge is 2.29. The minimum absolute atomic E-state index is 0.0177. The van der Waals surface area contributed by atoms with E-state index < -0.39 is 0 Å². The topological polar surface area (TPSA) is 74.9 Å². The maximum atomic E-state index is 13.2. The molecule has 0 unspecified atom stereocenters. The van der Waals surface area contributed by atoms with Crippen LogP contribution in [-0.4, -0.2) is 58.5 Å². The number of hydrogen-bond acceptors (Lipinski definition) is 7. The monoisotopic (exact) mass is 557 g/mol. The summed E-state index contributed by atoms with van der Waals surface area (Å²) in [7, 11) is 0. The van der Waals surface area contributed by atoms with Crippen molar-refractivity contribution in [1.29, 1.82) is 0 Å². The first kappa shape index (κ1) is 23.8. The van der Waals surface area contributed by atoms with E-state index in [0.717, 1.165) is 31.3 Å². The number of benzene rings is 2. The molecule has 3 aromatic rings. The van der Waals surface area contributed by atoms with Crippen molar-refractivity contribution < 1.29 is 13.9 Å². The minimum atomic E-state index is -0.242. The zero-order valence-electron chi connectivity index (χ0n) is 19.0. The summed E-state index contributed by atoms with van der Waals surface area (Å²) in [6, 6.07) is 14.0. The molecule has 0 atom stereocenters. The summed E-state index contributed by atoms with van der Waals surface area (Å²) in [4.78, 5) is 22.8. The van der Waals surface area contributed by atoms with Crippen LogP contribution in [0.5, 0.6) is 5.75 Å². The summed E-state index contributed by atoms with van der Waals surface area (Å²) in [5.41, 5.74) is 2.95. The second-order valence-electron chi connectivity index (χ2n) is 8.48. The number of piperazine rings is 1. The van der Waals surface area contributed by atoms with Crippen molar-refractivity contribution in [3.63, 3.8) is 0 Å². The fourth-order valence-electron chi connectivity index (χ4n) is 4.19. The standard InChI is InChI=1S/C25H25BrFN5O2S/c26-18-3-7-20(8-4-18)34-16-24(33)31-11-9-30(10-12-31)21-14-32(28)15-22-25(21)29-23(35-22)13-17-1-5-19(27)6-2-17/h1-8,14H,9-13,15-16,28H2. The number of fused-ring (bicyclic) bond motifs is 1. The van der Waals surface area contributed by atoms with Crippen molar-refractivity contribution in [3.05, 3.63) is 86.2 Å². The highest BCUT2D eigenvalue weighted by atomic mass is 79.9. The van der Waals surface area contributed by atoms with Crippen LogP contribution in [0.3, 0.4) is 0 Å². The van der Waals surface area contributed by atoms with Crippen LogP contribution in [-0.2, 0) is 17.8 Å². The Morgan fingerprint density at radius 2 is 1.80 bits per heavy atom. The third-order valence-corrected chi connectivity index (χ3v) is 7.58. The van der Waals surface area contributed by atoms with Gasteiger partial charge < -0.3 is 19.5 Å². The molecule has 10 heteroatoms. The number of hydrazine groups is 1. The Kier molecular flexibility index (Phi) is 7.03. The molecule has 1 aromatic heterocycles. The summed E-state index contributed by atoms with van der Waals surface area (Å²) < 4.78 is 19.9. The molecule has 182 valence electrons. The Morgan fingerprint density at radius 1 is 1.09 bits per heavy atom. The van der Waals surface area contributed by atoms with Crippen LogP contribution in [0.2, 0.25) is 0 Å². The van der Waals surface area contributed by atoms with Gasteiger partial charge in [-0.15, -0.1) is 11.3 Å². The van der Waals surface area contributed by atoms with Gasteiger partial charge in [0.05, 0.1) is 22.1 Å². The highest BCUT2D eigenvalue weighted by molar-refractivity contribution is 9.10. The van der Waals surface area contributed by atoms with Crippen molar-refractivity contribution in [3.8, 4) is 5.75 Å². The van der Waals surface area contributed by atoms with Crippen molar-refractivity contribution in [2.75, 3.05) is 32.8 Å². The van der Waals surface area contributed by atoms with Gasteiger partial charge in [-0.25, -0.2) is 15.2 Å². The zero-order chi connectivity index (χ0) is 24.4. The number of thiazole rings is 1. The largest absolute Gasteiger partial charge is 0.484 e. The Hall–Kier alpha value is -2.95. The van der Waals surface area contributed by atoms with Crippen LogP contribution < -0.4 is 10.6 Å². The number of nitrogens with zero attached hydrogens (tertiary/aromatic N) is 4. The molecular weight excluding hydrogens is 533 g/mol. The van der Waals surface area contributed by atoms with E-state index in [0.29, 0.717) is 44.9 Å². The summed E-state index contributed by atoms with van der Waals surface area (Å²) in [5, 5.41) is 2.66. The smallest absolute Gasteiger partial charge is 0.260 e. The second-order valence-corrected chi connectivity index (χ2v) is 10.6. The second kappa shape index (κ2) is 10.3. The van der Waals surface area contributed by atoms with Crippen LogP contribution in [0.1, 0.15) is 21.1 Å². The van der Waals surface area contributed by atoms with Crippen molar-refractivity contribution in [2.45, 2.75) is 13.0 Å². The predicted octanol–water partition coefficient (Wildman–Crippen LogP) is 3.85. The first-order valence-corrected chi connectivity index (χ1v) is 12.9. The normalized spacial score (nSPS) is 15.6. The molecule has 1 amide bonds. The molecule has 3 heterocycles. The van der Waals surface area contributed by atoms with E-state index in [1.54, 1.807) is 28.5 Å². The van der Waals surface area contributed by atoms with E-state index >= 15 is 0 Å². The lowest BCUT2D eigenvalue weighted by atomic mass is 10.1. The number of hydrogen-bond donors (Lipinski definition) is 1. The molecule has 1 saturated heterocycles. The van der Waals surface area contributed by atoms with Crippen LogP contribution in [0.25, 0.3) is 5.70 Å². The van der Waals surface area contributed by atoms with Crippen molar-refractivity contribution in [2.24, 2.45) is 5.84 Å². The molecule has 2 aliphatic rings. The average molecular weight is 558 g/mol. The Bertz CT molecular complexity index is 1220. The number of aromatic nitrogens is 1. The van der Waals surface area contributed by atoms with Gasteiger partial charge in [-0.05, 0) is 42.0 Å². The van der Waals surface area contributed by atoms with E-state index in [1.165, 1.54) is 12.1 Å². The Labute approximate surface area is 215 Å². The van der Waals surface area contributed by atoms with E-state index in [1.807, 2.05) is 35.4 Å². The highest BCUT2D eigenvalue weighted by Crippen LogP contribution is 2.33. The summed E-state index contributed by atoms with van der Waals surface area (Å²) in [5.74, 6) is 6.59. The summed E-state index contributed by atoms with van der Waals surface area (Å²) in [6.07, 6.45) is 2.58. The van der Waals surface area contributed by atoms with Gasteiger partial charge in [0, 0.05) is 43.3 Å². The van der Waals surface area contributed by atoms with Crippen LogP contribution in [0.4, 0.5) is 4.39 Å². The van der Waals surface area contributed by atoms with Crippen LogP contribution in [0.15, 0.2) is 59.2 Å². The quantitative estimate of drug-likeness (QED) is 0.464. The lowest BCUT2D eigenvalue weighted by Crippen LogP contribution is -2.49. The van der Waals surface area contributed by atoms with Gasteiger partial charge >= 0.3 is 0 Å². The fourth-order valence-corrected chi connectivity index (χ4v) is 5.57. The Morgan fingerprint density at radius 3 is 2.51 bits per heavy atom. The minimum Gasteiger partial charge on any atom is -0.484 e. The summed E-state index contributed by atoms with van der Waals surface area (Å²) in [6.45, 7) is 3.20. The maximum Gasteiger partial charge on any atom is 0.260 e. The van der Waals surface area contributed by atoms with Gasteiger partial charge in [-0.2, -0.15) is 0 Å². The molecule has 2 aliphatic heterocycles. The van der Waals surface area contributed by atoms with Gasteiger partial charge in [0.15, 0.2) is 6.61 Å². The number of ether oxygens (including phenoxy) is 1. The van der Waals surface area contributed by atoms with Gasteiger partial charge in [0.1, 0.15) is 17.3 Å². The lowest BCUT2D eigenvalue weighted by molar-refractivity contribution is -0.134. The molecule has 2 N–H and O–H groups in total. The predicted molar refractivity (Wildman–Crippen MR) is 137 cm³/mol. The number of carbonyl (C=O) groups excluding carboxylic acids is 1. The van der Waals surface area contributed by atoms with Gasteiger partial charge in [0.25, 0.3) is 5.91 Å². The summed E-state index contributed by atoms with van der Waals surface area (Å²) >= 11 is 5.03. The van der Waals surface area contributed by atoms with Gasteiger partial charge in [0.2, 0.25) is 0 Å². The molecule has 5 rings (SSSR count). The fraction of sp³-hybridized carbons (Fsp3) is 0.280. The molecule has 0 aliphatic carbocycles. The lowest BCUT2D eigenvalue weighted by Gasteiger charge is -2.38. The average Bonchev–Trinajstić information content (AvgIpc) is 3.26. The van der Waals surface area contributed by atoms with E-state index in [2.05, 4.69) is 20.8 Å². The number of rotatable bonds is 6. The number of amides is 1. The molecule has 1 fully saturated rings. The van der Waals surface area contributed by atoms with Crippen LogP contribution in [0, 0.1) is 5.82 Å². The van der Waals surface area contributed by atoms with Gasteiger partial charge in [-0.3, -0.25) is 4.79 Å². The maximum absolute atomic E-state index is 13.2. The molecule has 0 radical (unpaired) electrons. The Balaban J connectivity index is 1.21. The first-order chi connectivity index (χ1) is 16.9. The van der Waals surface area contributed by atoms with Crippen LogP contribution >= 0.6 is 27.3 Å². The van der Waals surface area contributed by atoms with E-state index in [9.17, 15) is 9.18 Å². The third-order valence-electron chi connectivity index (χ3n) is 6.02. The molecule has 35 heavy (non-hydrogen) atoms. The SMILES string of the molecule is NN1C=C(N2CCN(C(=O)COc3ccc(Br)cc3)CC2)c2nc(Cc3ccc(F)cc3)sc2C1. The molecule has 7 nitrogen and oxygen atoms in total. The van der Waals surface area contributed by atoms with Gasteiger partial charge in [-0.1, -0.05) is 28.1 Å². The molecule has 0 saturated carbocycles. The number of halogens is 2. The number of nitrogens with two attached hydrogens (primary N) is 1. The van der Waals surface area contributed by atoms with E-state index in [4.69, 9.17) is 15.6 Å².